The molecule has 1 N–H and O–H groups in total. The maximum Gasteiger partial charge on any atom is 0.276 e. The minimum atomic E-state index is -0.466. The summed E-state index contributed by atoms with van der Waals surface area (Å²) in [6.07, 6.45) is 6.98. The zero-order valence-electron chi connectivity index (χ0n) is 16.7. The summed E-state index contributed by atoms with van der Waals surface area (Å²) in [5, 5.41) is 11.5. The lowest BCUT2D eigenvalue weighted by Crippen LogP contribution is -2.39. The van der Waals surface area contributed by atoms with Gasteiger partial charge in [0.15, 0.2) is 5.69 Å². The molecule has 160 valence electrons. The highest BCUT2D eigenvalue weighted by Gasteiger charge is 2.27. The van der Waals surface area contributed by atoms with Gasteiger partial charge in [0.1, 0.15) is 5.82 Å². The molecule has 9 heteroatoms. The molecule has 0 radical (unpaired) electrons. The molecule has 1 saturated heterocycles. The molecule has 1 aliphatic carbocycles. The number of halogens is 2. The molecular weight excluding hydrogens is 409 g/mol. The standard InChI is InChI=1S/C21H25ClFN5O2/c22-17-4-3-5-18(23)16(17)12-20(29)24-14-6-8-15(9-7-14)28-13-19(25-26-28)21(30)27-10-1-2-11-27/h3-5,13-15H,1-2,6-12H2,(H,24,29)/t14-,15+. The molecule has 2 fully saturated rings. The number of carbonyl (C=O) groups is 2. The first kappa shape index (κ1) is 20.8. The van der Waals surface area contributed by atoms with E-state index in [9.17, 15) is 14.0 Å². The van der Waals surface area contributed by atoms with Gasteiger partial charge in [0.25, 0.3) is 5.91 Å². The van der Waals surface area contributed by atoms with Crippen molar-refractivity contribution < 1.29 is 14.0 Å². The van der Waals surface area contributed by atoms with Crippen LogP contribution in [0.15, 0.2) is 24.4 Å². The number of carbonyl (C=O) groups excluding carboxylic acids is 2. The second-order valence-electron chi connectivity index (χ2n) is 8.03. The minimum absolute atomic E-state index is 0.0357. The molecule has 0 bridgehead atoms. The monoisotopic (exact) mass is 433 g/mol. The third kappa shape index (κ3) is 4.64. The Bertz CT molecular complexity index is 900. The van der Waals surface area contributed by atoms with E-state index in [1.165, 1.54) is 12.1 Å². The molecule has 0 unspecified atom stereocenters. The van der Waals surface area contributed by atoms with E-state index in [1.807, 2.05) is 4.90 Å². The number of hydrogen-bond donors (Lipinski definition) is 1. The molecular formula is C21H25ClFN5O2. The summed E-state index contributed by atoms with van der Waals surface area (Å²) in [6, 6.07) is 4.61. The predicted octanol–water partition coefficient (Wildman–Crippen LogP) is 3.15. The van der Waals surface area contributed by atoms with Crippen LogP contribution in [-0.4, -0.2) is 50.8 Å². The molecule has 7 nitrogen and oxygen atoms in total. The minimum Gasteiger partial charge on any atom is -0.353 e. The number of nitrogens with zero attached hydrogens (tertiary/aromatic N) is 4. The summed E-state index contributed by atoms with van der Waals surface area (Å²) in [5.41, 5.74) is 0.622. The number of nitrogens with one attached hydrogen (secondary N) is 1. The van der Waals surface area contributed by atoms with Gasteiger partial charge in [-0.2, -0.15) is 0 Å². The first-order valence-electron chi connectivity index (χ1n) is 10.4. The quantitative estimate of drug-likeness (QED) is 0.785. The number of likely N-dealkylation sites (tertiary alicyclic amines) is 1. The van der Waals surface area contributed by atoms with Crippen molar-refractivity contribution in [2.24, 2.45) is 0 Å². The molecule has 1 saturated carbocycles. The topological polar surface area (TPSA) is 80.1 Å². The van der Waals surface area contributed by atoms with Crippen molar-refractivity contribution in [1.82, 2.24) is 25.2 Å². The molecule has 2 aromatic rings. The summed E-state index contributed by atoms with van der Waals surface area (Å²) in [4.78, 5) is 26.6. The normalized spacial score (nSPS) is 21.6. The Balaban J connectivity index is 1.28. The number of benzene rings is 1. The third-order valence-electron chi connectivity index (χ3n) is 5.96. The van der Waals surface area contributed by atoms with E-state index in [4.69, 9.17) is 11.6 Å². The molecule has 2 heterocycles. The van der Waals surface area contributed by atoms with E-state index in [0.29, 0.717) is 5.69 Å². The molecule has 2 amide bonds. The van der Waals surface area contributed by atoms with E-state index < -0.39 is 5.82 Å². The highest BCUT2D eigenvalue weighted by atomic mass is 35.5. The molecule has 1 aliphatic heterocycles. The van der Waals surface area contributed by atoms with Crippen LogP contribution in [0.2, 0.25) is 5.02 Å². The predicted molar refractivity (Wildman–Crippen MR) is 110 cm³/mol. The molecule has 30 heavy (non-hydrogen) atoms. The second kappa shape index (κ2) is 9.12. The Morgan fingerprint density at radius 1 is 1.17 bits per heavy atom. The number of rotatable bonds is 5. The first-order valence-corrected chi connectivity index (χ1v) is 10.8. The van der Waals surface area contributed by atoms with Crippen molar-refractivity contribution in [1.29, 1.82) is 0 Å². The van der Waals surface area contributed by atoms with Crippen LogP contribution in [0.5, 0.6) is 0 Å². The largest absolute Gasteiger partial charge is 0.353 e. The van der Waals surface area contributed by atoms with Crippen LogP contribution in [0.25, 0.3) is 0 Å². The van der Waals surface area contributed by atoms with E-state index in [0.717, 1.165) is 51.6 Å². The van der Waals surface area contributed by atoms with E-state index in [1.54, 1.807) is 16.9 Å². The van der Waals surface area contributed by atoms with Crippen LogP contribution in [0.3, 0.4) is 0 Å². The van der Waals surface area contributed by atoms with Crippen LogP contribution in [-0.2, 0) is 11.2 Å². The molecule has 4 rings (SSSR count). The van der Waals surface area contributed by atoms with E-state index >= 15 is 0 Å². The maximum atomic E-state index is 13.9. The first-order chi connectivity index (χ1) is 14.5. The second-order valence-corrected chi connectivity index (χ2v) is 8.44. The van der Waals surface area contributed by atoms with Crippen LogP contribution in [0.1, 0.15) is 60.6 Å². The van der Waals surface area contributed by atoms with Gasteiger partial charge in [0.2, 0.25) is 5.91 Å². The molecule has 1 aromatic heterocycles. The summed E-state index contributed by atoms with van der Waals surface area (Å²) >= 11 is 6.01. The molecule has 2 aliphatic rings. The Hall–Kier alpha value is -2.48. The van der Waals surface area contributed by atoms with E-state index in [-0.39, 0.29) is 40.9 Å². The van der Waals surface area contributed by atoms with Gasteiger partial charge in [0, 0.05) is 29.7 Å². The Labute approximate surface area is 179 Å². The Kier molecular flexibility index (Phi) is 6.32. The van der Waals surface area contributed by atoms with E-state index in [2.05, 4.69) is 15.6 Å². The average Bonchev–Trinajstić information content (AvgIpc) is 3.43. The van der Waals surface area contributed by atoms with Gasteiger partial charge in [-0.3, -0.25) is 9.59 Å². The van der Waals surface area contributed by atoms with Gasteiger partial charge in [-0.05, 0) is 50.7 Å². The van der Waals surface area contributed by atoms with Crippen LogP contribution < -0.4 is 5.32 Å². The lowest BCUT2D eigenvalue weighted by Gasteiger charge is -2.29. The zero-order chi connectivity index (χ0) is 21.1. The zero-order valence-corrected chi connectivity index (χ0v) is 17.4. The van der Waals surface area contributed by atoms with Gasteiger partial charge in [-0.25, -0.2) is 9.07 Å². The number of amides is 2. The van der Waals surface area contributed by atoms with Crippen molar-refractivity contribution in [3.05, 3.63) is 46.5 Å². The highest BCUT2D eigenvalue weighted by molar-refractivity contribution is 6.31. The lowest BCUT2D eigenvalue weighted by atomic mass is 9.91. The van der Waals surface area contributed by atoms with Crippen LogP contribution >= 0.6 is 11.6 Å². The Morgan fingerprint density at radius 2 is 1.90 bits per heavy atom. The highest BCUT2D eigenvalue weighted by Crippen LogP contribution is 2.28. The summed E-state index contributed by atoms with van der Waals surface area (Å²) < 4.78 is 15.7. The van der Waals surface area contributed by atoms with Crippen molar-refractivity contribution in [2.45, 2.75) is 57.0 Å². The molecule has 1 aromatic carbocycles. The van der Waals surface area contributed by atoms with Gasteiger partial charge >= 0.3 is 0 Å². The van der Waals surface area contributed by atoms with Gasteiger partial charge in [-0.15, -0.1) is 5.10 Å². The third-order valence-corrected chi connectivity index (χ3v) is 6.31. The molecule has 0 spiro atoms. The average molecular weight is 434 g/mol. The Morgan fingerprint density at radius 3 is 2.60 bits per heavy atom. The summed E-state index contributed by atoms with van der Waals surface area (Å²) in [5.74, 6) is -0.747. The van der Waals surface area contributed by atoms with Gasteiger partial charge in [-0.1, -0.05) is 22.9 Å². The van der Waals surface area contributed by atoms with Crippen molar-refractivity contribution in [2.75, 3.05) is 13.1 Å². The lowest BCUT2D eigenvalue weighted by molar-refractivity contribution is -0.121. The van der Waals surface area contributed by atoms with Gasteiger partial charge in [0.05, 0.1) is 18.7 Å². The van der Waals surface area contributed by atoms with Crippen LogP contribution in [0, 0.1) is 5.82 Å². The number of aromatic nitrogens is 3. The maximum absolute atomic E-state index is 13.9. The number of hydrogen-bond acceptors (Lipinski definition) is 4. The van der Waals surface area contributed by atoms with Gasteiger partial charge < -0.3 is 10.2 Å². The SMILES string of the molecule is O=C(Cc1c(F)cccc1Cl)N[C@H]1CC[C@@H](n2cc(C(=O)N3CCCC3)nn2)CC1. The van der Waals surface area contributed by atoms with Crippen molar-refractivity contribution >= 4 is 23.4 Å². The fourth-order valence-electron chi connectivity index (χ4n) is 4.26. The van der Waals surface area contributed by atoms with Crippen LogP contribution in [0.4, 0.5) is 4.39 Å². The summed E-state index contributed by atoms with van der Waals surface area (Å²) in [6.45, 7) is 1.57. The van der Waals surface area contributed by atoms with Crippen molar-refractivity contribution in [3.63, 3.8) is 0 Å². The van der Waals surface area contributed by atoms with Crippen molar-refractivity contribution in [3.8, 4) is 0 Å². The fraction of sp³-hybridized carbons (Fsp3) is 0.524. The summed E-state index contributed by atoms with van der Waals surface area (Å²) in [7, 11) is 0. The fourth-order valence-corrected chi connectivity index (χ4v) is 4.49. The smallest absolute Gasteiger partial charge is 0.276 e. The molecule has 0 atom stereocenters.